The van der Waals surface area contributed by atoms with Crippen molar-refractivity contribution in [3.05, 3.63) is 40.7 Å². The molecule has 0 spiro atoms. The number of aromatic amines is 1. The molecule has 1 saturated heterocycles. The van der Waals surface area contributed by atoms with Gasteiger partial charge in [0.1, 0.15) is 28.3 Å². The van der Waals surface area contributed by atoms with Gasteiger partial charge < -0.3 is 25.4 Å². The number of thioether (sulfide) groups is 1. The topological polar surface area (TPSA) is 142 Å². The maximum absolute atomic E-state index is 13.4. The van der Waals surface area contributed by atoms with Crippen molar-refractivity contribution in [3.8, 4) is 17.3 Å². The third-order valence-corrected chi connectivity index (χ3v) is 8.17. The largest absolute Gasteiger partial charge is 0.351 e. The summed E-state index contributed by atoms with van der Waals surface area (Å²) in [6, 6.07) is 7.59. The first kappa shape index (κ1) is 26.4. The number of hydrogen-bond donors (Lipinski definition) is 3. The number of nitrogens with two attached hydrogens (primary N) is 1. The van der Waals surface area contributed by atoms with E-state index in [9.17, 15) is 14.4 Å². The fourth-order valence-electron chi connectivity index (χ4n) is 4.17. The van der Waals surface area contributed by atoms with Crippen LogP contribution in [0.4, 0.5) is 20.1 Å². The minimum atomic E-state index is -0.471. The number of amidine groups is 1. The summed E-state index contributed by atoms with van der Waals surface area (Å²) in [5.74, 6) is 0.377. The van der Waals surface area contributed by atoms with Crippen molar-refractivity contribution in [2.75, 3.05) is 32.1 Å². The molecule has 0 bridgehead atoms. The van der Waals surface area contributed by atoms with Crippen molar-refractivity contribution in [1.82, 2.24) is 24.8 Å². The average Bonchev–Trinajstić information content (AvgIpc) is 3.52. The number of aryl methyl sites for hydroxylation is 1. The first-order valence-corrected chi connectivity index (χ1v) is 13.4. The lowest BCUT2D eigenvalue weighted by atomic mass is 10.1. The molecule has 13 heteroatoms. The number of carbonyl (C=O) groups is 1. The van der Waals surface area contributed by atoms with Gasteiger partial charge in [0.05, 0.1) is 11.7 Å². The van der Waals surface area contributed by atoms with Gasteiger partial charge in [0.25, 0.3) is 0 Å². The Morgan fingerprint density at radius 3 is 2.76 bits per heavy atom. The number of piperidine rings is 1. The van der Waals surface area contributed by atoms with Crippen molar-refractivity contribution in [2.45, 2.75) is 37.4 Å². The number of nitriles is 1. The van der Waals surface area contributed by atoms with Gasteiger partial charge in [-0.3, -0.25) is 5.41 Å². The molecule has 1 aliphatic heterocycles. The Labute approximate surface area is 222 Å². The highest BCUT2D eigenvalue weighted by molar-refractivity contribution is 8.13. The molecule has 1 atom stereocenters. The average molecular weight is 542 g/mol. The van der Waals surface area contributed by atoms with Crippen LogP contribution in [0.15, 0.2) is 29.4 Å². The predicted octanol–water partition coefficient (Wildman–Crippen LogP) is 4.38. The third-order valence-electron chi connectivity index (χ3n) is 6.30. The molecule has 3 aromatic rings. The molecule has 0 aliphatic carbocycles. The Hall–Kier alpha value is -3.63. The second-order valence-corrected chi connectivity index (χ2v) is 10.6. The molecule has 10 nitrogen and oxygen atoms in total. The number of anilines is 2. The number of hydrogen-bond acceptors (Lipinski definition) is 8. The fraction of sp³-hybridized carbons (Fsp3) is 0.375. The molecule has 37 heavy (non-hydrogen) atoms. The van der Waals surface area contributed by atoms with Gasteiger partial charge in [-0.1, -0.05) is 18.3 Å². The van der Waals surface area contributed by atoms with Gasteiger partial charge in [0.2, 0.25) is 0 Å². The number of aromatic nitrogens is 3. The first-order valence-electron chi connectivity index (χ1n) is 11.7. The van der Waals surface area contributed by atoms with Gasteiger partial charge in [-0.05, 0) is 55.3 Å². The lowest BCUT2D eigenvalue weighted by Crippen LogP contribution is -2.51. The van der Waals surface area contributed by atoms with E-state index in [-0.39, 0.29) is 11.9 Å². The van der Waals surface area contributed by atoms with Gasteiger partial charge in [-0.15, -0.1) is 0 Å². The van der Waals surface area contributed by atoms with Crippen LogP contribution in [0.1, 0.15) is 30.3 Å². The smallest absolute Gasteiger partial charge is 0.314 e. The van der Waals surface area contributed by atoms with E-state index in [1.54, 1.807) is 19.2 Å². The molecule has 2 amide bonds. The molecule has 1 unspecified atom stereocenters. The minimum Gasteiger partial charge on any atom is -0.351 e. The number of primary amides is 1. The van der Waals surface area contributed by atoms with Crippen LogP contribution < -0.4 is 10.6 Å². The van der Waals surface area contributed by atoms with E-state index in [1.807, 2.05) is 23.8 Å². The molecule has 0 saturated carbocycles. The van der Waals surface area contributed by atoms with Gasteiger partial charge in [-0.2, -0.15) is 5.26 Å². The van der Waals surface area contributed by atoms with Gasteiger partial charge in [-0.25, -0.2) is 19.2 Å². The lowest BCUT2D eigenvalue weighted by Gasteiger charge is -2.37. The van der Waals surface area contributed by atoms with Crippen molar-refractivity contribution in [3.63, 3.8) is 0 Å². The van der Waals surface area contributed by atoms with Crippen LogP contribution in [-0.2, 0) is 6.42 Å². The maximum Gasteiger partial charge on any atom is 0.314 e. The number of thiazole rings is 1. The number of carbonyl (C=O) groups excluding carboxylic acids is 1. The number of urea groups is 1. The molecular formula is C24H28FN9OS2. The predicted molar refractivity (Wildman–Crippen MR) is 144 cm³/mol. The van der Waals surface area contributed by atoms with E-state index in [0.29, 0.717) is 44.6 Å². The second-order valence-electron chi connectivity index (χ2n) is 8.64. The molecule has 194 valence electrons. The number of likely N-dealkylation sites (N-methyl/N-ethyl adjacent to an activating group) is 1. The van der Waals surface area contributed by atoms with E-state index in [2.05, 4.69) is 16.0 Å². The van der Waals surface area contributed by atoms with Gasteiger partial charge in [0, 0.05) is 32.7 Å². The maximum atomic E-state index is 13.4. The molecule has 1 fully saturated rings. The number of halogens is 1. The number of benzene rings is 1. The highest BCUT2D eigenvalue weighted by Gasteiger charge is 2.28. The summed E-state index contributed by atoms with van der Waals surface area (Å²) in [6.45, 7) is 3.27. The highest BCUT2D eigenvalue weighted by Crippen LogP contribution is 2.36. The second kappa shape index (κ2) is 11.2. The van der Waals surface area contributed by atoms with Gasteiger partial charge in [0.15, 0.2) is 15.5 Å². The summed E-state index contributed by atoms with van der Waals surface area (Å²) in [5.41, 5.74) is 7.41. The normalized spacial score (nSPS) is 15.3. The number of rotatable bonds is 6. The van der Waals surface area contributed by atoms with Crippen molar-refractivity contribution >= 4 is 45.2 Å². The van der Waals surface area contributed by atoms with Crippen LogP contribution >= 0.6 is 23.1 Å². The fourth-order valence-corrected chi connectivity index (χ4v) is 5.80. The zero-order valence-electron chi connectivity index (χ0n) is 20.8. The number of amides is 2. The summed E-state index contributed by atoms with van der Waals surface area (Å²) in [6.07, 6.45) is 2.36. The van der Waals surface area contributed by atoms with E-state index in [1.165, 1.54) is 40.1 Å². The van der Waals surface area contributed by atoms with Gasteiger partial charge >= 0.3 is 6.03 Å². The molecular weight excluding hydrogens is 513 g/mol. The van der Waals surface area contributed by atoms with Crippen LogP contribution in [0.2, 0.25) is 0 Å². The third kappa shape index (κ3) is 5.70. The SMILES string of the molecule is CCc1nc(SC(=N)N2CCCC(N(C)C(N)=O)C2)[nH]c1N(C)c1nc(-c2ccc(F)cc2)c(C#N)s1. The molecule has 0 radical (unpaired) electrons. The van der Waals surface area contributed by atoms with Crippen LogP contribution in [-0.4, -0.2) is 69.2 Å². The monoisotopic (exact) mass is 541 g/mol. The number of H-pyrrole nitrogens is 1. The summed E-state index contributed by atoms with van der Waals surface area (Å²) < 4.78 is 13.4. The Balaban J connectivity index is 1.53. The Kier molecular flexibility index (Phi) is 7.99. The van der Waals surface area contributed by atoms with Crippen LogP contribution in [0.5, 0.6) is 0 Å². The Morgan fingerprint density at radius 1 is 1.38 bits per heavy atom. The van der Waals surface area contributed by atoms with E-state index < -0.39 is 6.03 Å². The van der Waals surface area contributed by atoms with Crippen molar-refractivity contribution < 1.29 is 9.18 Å². The first-order chi connectivity index (χ1) is 17.7. The highest BCUT2D eigenvalue weighted by atomic mass is 32.2. The summed E-state index contributed by atoms with van der Waals surface area (Å²) in [7, 11) is 3.53. The molecule has 1 aliphatic rings. The lowest BCUT2D eigenvalue weighted by molar-refractivity contribution is 0.164. The molecule has 2 aromatic heterocycles. The van der Waals surface area contributed by atoms with E-state index in [4.69, 9.17) is 16.1 Å². The Morgan fingerprint density at radius 2 is 2.11 bits per heavy atom. The standard InChI is InChI=1S/C24H28FN9OS2/c1-4-17-20(33(3)24-30-19(18(12-26)36-24)14-7-9-15(25)10-8-14)31-23(29-17)37-22(28)34-11-5-6-16(13-34)32(2)21(27)35/h7-10,16,28H,4-6,11,13H2,1-3H3,(H2,27,35)(H,29,31). The summed E-state index contributed by atoms with van der Waals surface area (Å²) in [4.78, 5) is 30.0. The zero-order chi connectivity index (χ0) is 26.7. The number of imidazole rings is 1. The van der Waals surface area contributed by atoms with Crippen LogP contribution in [0.3, 0.4) is 0 Å². The quantitative estimate of drug-likeness (QED) is 0.239. The minimum absolute atomic E-state index is 0.0359. The van der Waals surface area contributed by atoms with Crippen molar-refractivity contribution in [2.24, 2.45) is 5.73 Å². The summed E-state index contributed by atoms with van der Waals surface area (Å²) >= 11 is 2.47. The molecule has 4 N–H and O–H groups in total. The van der Waals surface area contributed by atoms with E-state index >= 15 is 0 Å². The van der Waals surface area contributed by atoms with Crippen LogP contribution in [0.25, 0.3) is 11.3 Å². The van der Waals surface area contributed by atoms with Crippen molar-refractivity contribution in [1.29, 1.82) is 10.7 Å². The number of nitrogens with one attached hydrogen (secondary N) is 2. The van der Waals surface area contributed by atoms with Crippen LogP contribution in [0, 0.1) is 22.6 Å². The zero-order valence-corrected chi connectivity index (χ0v) is 22.4. The number of nitrogens with zero attached hydrogens (tertiary/aromatic N) is 6. The molecule has 4 rings (SSSR count). The Bertz CT molecular complexity index is 1330. The number of likely N-dealkylation sites (tertiary alicyclic amines) is 1. The summed E-state index contributed by atoms with van der Waals surface area (Å²) in [5, 5.41) is 19.8. The van der Waals surface area contributed by atoms with E-state index in [0.717, 1.165) is 30.9 Å². The molecule has 3 heterocycles. The molecule has 1 aromatic carbocycles.